The molecule has 0 aliphatic carbocycles. The van der Waals surface area contributed by atoms with Gasteiger partial charge in [-0.25, -0.2) is 4.98 Å². The van der Waals surface area contributed by atoms with Gasteiger partial charge in [0.15, 0.2) is 0 Å². The molecule has 0 amide bonds. The van der Waals surface area contributed by atoms with E-state index >= 15 is 0 Å². The second-order valence-corrected chi connectivity index (χ2v) is 4.60. The zero-order chi connectivity index (χ0) is 10.9. The summed E-state index contributed by atoms with van der Waals surface area (Å²) >= 11 is 0. The Morgan fingerprint density at radius 1 is 1.36 bits per heavy atom. The molecule has 0 bridgehead atoms. The van der Waals surface area contributed by atoms with Crippen molar-refractivity contribution in [1.82, 2.24) is 9.97 Å². The molecular formula is C10H17N3O. The summed E-state index contributed by atoms with van der Waals surface area (Å²) in [5.74, 6) is 0.599. The predicted molar refractivity (Wildman–Crippen MR) is 57.9 cm³/mol. The minimum absolute atomic E-state index is 0.0982. The Morgan fingerprint density at radius 2 is 1.93 bits per heavy atom. The van der Waals surface area contributed by atoms with Gasteiger partial charge in [0, 0.05) is 25.6 Å². The van der Waals surface area contributed by atoms with Crippen LogP contribution in [0.25, 0.3) is 0 Å². The maximum Gasteiger partial charge on any atom is 0.252 e. The summed E-state index contributed by atoms with van der Waals surface area (Å²) in [6, 6.07) is 1.55. The average Bonchev–Trinajstić information content (AvgIpc) is 2.01. The van der Waals surface area contributed by atoms with Gasteiger partial charge in [0.2, 0.25) is 5.95 Å². The minimum Gasteiger partial charge on any atom is -0.348 e. The third kappa shape index (κ3) is 2.34. The maximum atomic E-state index is 11.3. The molecule has 1 N–H and O–H groups in total. The summed E-state index contributed by atoms with van der Waals surface area (Å²) in [4.78, 5) is 20.2. The summed E-state index contributed by atoms with van der Waals surface area (Å²) in [7, 11) is 3.70. The van der Waals surface area contributed by atoms with Gasteiger partial charge in [0.25, 0.3) is 5.56 Å². The zero-order valence-corrected chi connectivity index (χ0v) is 9.38. The summed E-state index contributed by atoms with van der Waals surface area (Å²) < 4.78 is 0. The molecule has 0 spiro atoms. The Labute approximate surface area is 84.0 Å². The van der Waals surface area contributed by atoms with Crippen LogP contribution in [0.3, 0.4) is 0 Å². The van der Waals surface area contributed by atoms with Crippen molar-refractivity contribution >= 4 is 5.95 Å². The number of nitrogens with zero attached hydrogens (tertiary/aromatic N) is 2. The first-order valence-corrected chi connectivity index (χ1v) is 4.60. The lowest BCUT2D eigenvalue weighted by Crippen LogP contribution is -2.24. The highest BCUT2D eigenvalue weighted by Crippen LogP contribution is 2.19. The van der Waals surface area contributed by atoms with Crippen molar-refractivity contribution in [3.63, 3.8) is 0 Å². The molecule has 78 valence electrons. The largest absolute Gasteiger partial charge is 0.348 e. The van der Waals surface area contributed by atoms with Crippen LogP contribution in [0.4, 0.5) is 5.95 Å². The number of hydrogen-bond donors (Lipinski definition) is 1. The Morgan fingerprint density at radius 3 is 2.36 bits per heavy atom. The van der Waals surface area contributed by atoms with Crippen molar-refractivity contribution in [3.8, 4) is 0 Å². The lowest BCUT2D eigenvalue weighted by Gasteiger charge is -2.19. The molecule has 0 saturated heterocycles. The van der Waals surface area contributed by atoms with Gasteiger partial charge >= 0.3 is 0 Å². The Kier molecular flexibility index (Phi) is 2.64. The highest BCUT2D eigenvalue weighted by atomic mass is 16.1. The molecule has 0 fully saturated rings. The van der Waals surface area contributed by atoms with Crippen molar-refractivity contribution in [3.05, 3.63) is 22.1 Å². The van der Waals surface area contributed by atoms with Crippen molar-refractivity contribution in [2.45, 2.75) is 26.2 Å². The van der Waals surface area contributed by atoms with Gasteiger partial charge in [-0.15, -0.1) is 0 Å². The van der Waals surface area contributed by atoms with Crippen LogP contribution in [0.2, 0.25) is 0 Å². The topological polar surface area (TPSA) is 49.0 Å². The van der Waals surface area contributed by atoms with Crippen LogP contribution >= 0.6 is 0 Å². The fraction of sp³-hybridized carbons (Fsp3) is 0.600. The quantitative estimate of drug-likeness (QED) is 0.731. The fourth-order valence-corrected chi connectivity index (χ4v) is 1.04. The molecule has 1 aromatic heterocycles. The van der Waals surface area contributed by atoms with Crippen molar-refractivity contribution < 1.29 is 0 Å². The first-order chi connectivity index (χ1) is 6.30. The van der Waals surface area contributed by atoms with Gasteiger partial charge in [0.05, 0.1) is 5.69 Å². The normalized spacial score (nSPS) is 11.5. The van der Waals surface area contributed by atoms with Crippen LogP contribution in [-0.2, 0) is 5.41 Å². The van der Waals surface area contributed by atoms with Crippen LogP contribution < -0.4 is 10.5 Å². The van der Waals surface area contributed by atoms with E-state index in [1.807, 2.05) is 34.9 Å². The van der Waals surface area contributed by atoms with Crippen LogP contribution in [0.1, 0.15) is 26.5 Å². The molecule has 0 radical (unpaired) electrons. The van der Waals surface area contributed by atoms with E-state index in [1.165, 1.54) is 0 Å². The molecule has 1 heterocycles. The minimum atomic E-state index is -0.103. The first-order valence-electron chi connectivity index (χ1n) is 4.60. The number of anilines is 1. The number of hydrogen-bond acceptors (Lipinski definition) is 3. The molecule has 4 heteroatoms. The first kappa shape index (κ1) is 10.8. The van der Waals surface area contributed by atoms with Gasteiger partial charge in [-0.2, -0.15) is 0 Å². The fourth-order valence-electron chi connectivity index (χ4n) is 1.04. The molecule has 0 aliphatic heterocycles. The van der Waals surface area contributed by atoms with Gasteiger partial charge in [0.1, 0.15) is 0 Å². The van der Waals surface area contributed by atoms with Crippen molar-refractivity contribution in [2.24, 2.45) is 0 Å². The monoisotopic (exact) mass is 195 g/mol. The second-order valence-electron chi connectivity index (χ2n) is 4.60. The van der Waals surface area contributed by atoms with Crippen LogP contribution in [0.5, 0.6) is 0 Å². The summed E-state index contributed by atoms with van der Waals surface area (Å²) in [6.07, 6.45) is 0. The average molecular weight is 195 g/mol. The smallest absolute Gasteiger partial charge is 0.252 e. The Balaban J connectivity index is 3.28. The van der Waals surface area contributed by atoms with E-state index in [1.54, 1.807) is 11.0 Å². The third-order valence-electron chi connectivity index (χ3n) is 1.92. The lowest BCUT2D eigenvalue weighted by atomic mass is 9.92. The molecule has 0 atom stereocenters. The van der Waals surface area contributed by atoms with Gasteiger partial charge < -0.3 is 4.90 Å². The number of aromatic amines is 1. The van der Waals surface area contributed by atoms with E-state index in [2.05, 4.69) is 9.97 Å². The number of rotatable bonds is 1. The third-order valence-corrected chi connectivity index (χ3v) is 1.92. The van der Waals surface area contributed by atoms with Gasteiger partial charge in [-0.05, 0) is 0 Å². The molecule has 0 saturated carbocycles. The van der Waals surface area contributed by atoms with E-state index in [9.17, 15) is 4.79 Å². The second kappa shape index (κ2) is 3.44. The number of aromatic nitrogens is 2. The highest BCUT2D eigenvalue weighted by molar-refractivity contribution is 5.29. The Bertz CT molecular complexity index is 374. The molecular weight excluding hydrogens is 178 g/mol. The molecule has 0 aliphatic rings. The van der Waals surface area contributed by atoms with Crippen LogP contribution in [0.15, 0.2) is 10.9 Å². The van der Waals surface area contributed by atoms with Crippen molar-refractivity contribution in [1.29, 1.82) is 0 Å². The Hall–Kier alpha value is -1.32. The molecule has 0 aromatic carbocycles. The van der Waals surface area contributed by atoms with E-state index in [0.717, 1.165) is 5.69 Å². The standard InChI is InChI=1S/C10H17N3O/c1-10(2,3)7-6-8(14)12-9(11-7)13(4)5/h6H,1-5H3,(H,11,12,14). The van der Waals surface area contributed by atoms with Gasteiger partial charge in [-0.1, -0.05) is 20.8 Å². The summed E-state index contributed by atoms with van der Waals surface area (Å²) in [6.45, 7) is 6.11. The number of H-pyrrole nitrogens is 1. The summed E-state index contributed by atoms with van der Waals surface area (Å²) in [5.41, 5.74) is 0.609. The number of nitrogens with one attached hydrogen (secondary N) is 1. The van der Waals surface area contributed by atoms with E-state index in [0.29, 0.717) is 5.95 Å². The maximum absolute atomic E-state index is 11.3. The van der Waals surface area contributed by atoms with E-state index < -0.39 is 0 Å². The molecule has 4 nitrogen and oxygen atoms in total. The molecule has 14 heavy (non-hydrogen) atoms. The summed E-state index contributed by atoms with van der Waals surface area (Å²) in [5, 5.41) is 0. The van der Waals surface area contributed by atoms with Crippen molar-refractivity contribution in [2.75, 3.05) is 19.0 Å². The molecule has 1 rings (SSSR count). The molecule has 1 aromatic rings. The van der Waals surface area contributed by atoms with Gasteiger partial charge in [-0.3, -0.25) is 9.78 Å². The zero-order valence-electron chi connectivity index (χ0n) is 9.38. The molecule has 0 unspecified atom stereocenters. The SMILES string of the molecule is CN(C)c1nc(C(C)(C)C)cc(=O)[nH]1. The predicted octanol–water partition coefficient (Wildman–Crippen LogP) is 1.13. The van der Waals surface area contributed by atoms with Crippen LogP contribution in [-0.4, -0.2) is 24.1 Å². The van der Waals surface area contributed by atoms with E-state index in [-0.39, 0.29) is 11.0 Å². The van der Waals surface area contributed by atoms with Crippen LogP contribution in [0, 0.1) is 0 Å². The lowest BCUT2D eigenvalue weighted by molar-refractivity contribution is 0.565. The van der Waals surface area contributed by atoms with E-state index in [4.69, 9.17) is 0 Å². The highest BCUT2D eigenvalue weighted by Gasteiger charge is 2.17.